The minimum atomic E-state index is -3.14. The predicted octanol–water partition coefficient (Wildman–Crippen LogP) is 7.15. The number of unbranched alkanes of at least 4 members (excludes halogenated alkanes) is 3. The quantitative estimate of drug-likeness (QED) is 0.286. The van der Waals surface area contributed by atoms with E-state index in [9.17, 15) is 8.42 Å². The van der Waals surface area contributed by atoms with Crippen LogP contribution in [0.15, 0.2) is 29.2 Å². The molecule has 0 heterocycles. The third-order valence-corrected chi connectivity index (χ3v) is 26.9. The van der Waals surface area contributed by atoms with Crippen LogP contribution in [0.4, 0.5) is 0 Å². The van der Waals surface area contributed by atoms with Gasteiger partial charge < -0.3 is 0 Å². The molecule has 0 bridgehead atoms. The summed E-state index contributed by atoms with van der Waals surface area (Å²) in [6, 6.07) is 7.46. The van der Waals surface area contributed by atoms with Gasteiger partial charge in [-0.25, -0.2) is 0 Å². The maximum absolute atomic E-state index is 13.1. The Hall–Kier alpha value is -0.0313. The second-order valence-electron chi connectivity index (χ2n) is 8.82. The van der Waals surface area contributed by atoms with E-state index in [1.54, 1.807) is 12.1 Å². The molecule has 154 valence electrons. The van der Waals surface area contributed by atoms with E-state index >= 15 is 0 Å². The van der Waals surface area contributed by atoms with Gasteiger partial charge in [0, 0.05) is 0 Å². The minimum absolute atomic E-state index is 0.119. The van der Waals surface area contributed by atoms with Crippen LogP contribution in [-0.2, 0) is 9.84 Å². The fourth-order valence-electron chi connectivity index (χ4n) is 4.81. The fourth-order valence-corrected chi connectivity index (χ4v) is 26.8. The molecule has 1 fully saturated rings. The van der Waals surface area contributed by atoms with Gasteiger partial charge in [0.05, 0.1) is 0 Å². The molecule has 0 unspecified atom stereocenters. The van der Waals surface area contributed by atoms with Gasteiger partial charge >= 0.3 is 173 Å². The van der Waals surface area contributed by atoms with Crippen LogP contribution in [0.1, 0.15) is 77.7 Å². The van der Waals surface area contributed by atoms with Gasteiger partial charge in [-0.3, -0.25) is 0 Å². The van der Waals surface area contributed by atoms with E-state index < -0.39 is 28.2 Å². The van der Waals surface area contributed by atoms with Crippen molar-refractivity contribution in [3.63, 3.8) is 0 Å². The first kappa shape index (κ1) is 23.2. The average Bonchev–Trinajstić information content (AvgIpc) is 2.61. The Morgan fingerprint density at radius 2 is 1.30 bits per heavy atom. The molecule has 1 aromatic rings. The number of rotatable bonds is 12. The normalized spacial score (nSPS) is 20.4. The molecule has 0 aromatic heterocycles. The summed E-state index contributed by atoms with van der Waals surface area (Å²) in [7, 11) is -3.14. The van der Waals surface area contributed by atoms with E-state index in [2.05, 4.69) is 20.8 Å². The fraction of sp³-hybridized carbons (Fsp3) is 0.739. The van der Waals surface area contributed by atoms with Crippen LogP contribution in [0.25, 0.3) is 0 Å². The van der Waals surface area contributed by atoms with Crippen molar-refractivity contribution in [2.75, 3.05) is 0 Å². The van der Waals surface area contributed by atoms with Gasteiger partial charge in [-0.2, -0.15) is 0 Å². The molecule has 0 atom stereocenters. The van der Waals surface area contributed by atoms with Crippen LogP contribution in [0.2, 0.25) is 17.2 Å². The molecule has 0 radical (unpaired) electrons. The van der Waals surface area contributed by atoms with Crippen molar-refractivity contribution in [2.45, 2.75) is 106 Å². The molecule has 2 nitrogen and oxygen atoms in total. The molecule has 1 saturated carbocycles. The van der Waals surface area contributed by atoms with E-state index in [4.69, 9.17) is 0 Å². The SMILES string of the molecule is CCC[CH2][Sn]([CH2]CCC)([CH2]CCC)[CH]1CC(S(=O)(=O)c2ccc(C)cc2)C1. The van der Waals surface area contributed by atoms with Crippen molar-refractivity contribution in [1.29, 1.82) is 0 Å². The summed E-state index contributed by atoms with van der Waals surface area (Å²) < 4.78 is 31.4. The molecule has 27 heavy (non-hydrogen) atoms. The number of benzene rings is 1. The topological polar surface area (TPSA) is 34.1 Å². The molecule has 2 rings (SSSR count). The molecule has 0 N–H and O–H groups in total. The molecule has 0 aliphatic heterocycles. The van der Waals surface area contributed by atoms with Crippen LogP contribution in [-0.4, -0.2) is 32.0 Å². The number of aryl methyl sites for hydroxylation is 1. The second-order valence-corrected chi connectivity index (χ2v) is 25.4. The van der Waals surface area contributed by atoms with Crippen LogP contribution >= 0.6 is 0 Å². The third-order valence-electron chi connectivity index (χ3n) is 6.83. The van der Waals surface area contributed by atoms with Gasteiger partial charge in [-0.05, 0) is 0 Å². The number of hydrogen-bond donors (Lipinski definition) is 0. The zero-order chi connectivity index (χ0) is 19.9. The van der Waals surface area contributed by atoms with Crippen molar-refractivity contribution in [3.05, 3.63) is 29.8 Å². The van der Waals surface area contributed by atoms with Crippen LogP contribution in [0.3, 0.4) is 0 Å². The summed E-state index contributed by atoms with van der Waals surface area (Å²) in [4.78, 5) is 0.535. The van der Waals surface area contributed by atoms with Crippen molar-refractivity contribution in [2.24, 2.45) is 0 Å². The Morgan fingerprint density at radius 1 is 0.852 bits per heavy atom. The molecule has 0 saturated heterocycles. The second kappa shape index (κ2) is 10.7. The summed E-state index contributed by atoms with van der Waals surface area (Å²) in [6.07, 6.45) is 9.89. The summed E-state index contributed by atoms with van der Waals surface area (Å²) >= 11 is -2.26. The zero-order valence-electron chi connectivity index (χ0n) is 18.0. The van der Waals surface area contributed by atoms with Crippen molar-refractivity contribution < 1.29 is 8.42 Å². The van der Waals surface area contributed by atoms with E-state index in [0.29, 0.717) is 4.90 Å². The molecule has 1 aliphatic rings. The summed E-state index contributed by atoms with van der Waals surface area (Å²) in [5.74, 6) is 0. The van der Waals surface area contributed by atoms with Gasteiger partial charge in [0.1, 0.15) is 0 Å². The molecule has 0 spiro atoms. The monoisotopic (exact) mass is 500 g/mol. The summed E-state index contributed by atoms with van der Waals surface area (Å²) in [6.45, 7) is 8.93. The van der Waals surface area contributed by atoms with Gasteiger partial charge in [0.25, 0.3) is 0 Å². The summed E-state index contributed by atoms with van der Waals surface area (Å²) in [5.41, 5.74) is 1.12. The molecule has 1 aliphatic carbocycles. The first-order valence-corrected chi connectivity index (χ1v) is 20.4. The Balaban J connectivity index is 2.13. The number of sulfone groups is 1. The predicted molar refractivity (Wildman–Crippen MR) is 120 cm³/mol. The molecular weight excluding hydrogens is 459 g/mol. The Kier molecular flexibility index (Phi) is 9.18. The third kappa shape index (κ3) is 5.74. The zero-order valence-corrected chi connectivity index (χ0v) is 21.6. The maximum atomic E-state index is 13.1. The molecule has 4 heteroatoms. The van der Waals surface area contributed by atoms with Crippen molar-refractivity contribution in [3.8, 4) is 0 Å². The Bertz CT molecular complexity index is 638. The van der Waals surface area contributed by atoms with E-state index in [1.165, 1.54) is 51.8 Å². The van der Waals surface area contributed by atoms with Gasteiger partial charge in [-0.15, -0.1) is 0 Å². The Morgan fingerprint density at radius 3 is 1.70 bits per heavy atom. The van der Waals surface area contributed by atoms with Gasteiger partial charge in [0.2, 0.25) is 0 Å². The van der Waals surface area contributed by atoms with Crippen LogP contribution in [0, 0.1) is 6.92 Å². The van der Waals surface area contributed by atoms with Crippen LogP contribution in [0.5, 0.6) is 0 Å². The first-order valence-electron chi connectivity index (χ1n) is 11.2. The average molecular weight is 499 g/mol. The Labute approximate surface area is 172 Å². The number of hydrogen-bond acceptors (Lipinski definition) is 2. The van der Waals surface area contributed by atoms with E-state index in [-0.39, 0.29) is 5.25 Å². The van der Waals surface area contributed by atoms with Gasteiger partial charge in [0.15, 0.2) is 0 Å². The first-order chi connectivity index (χ1) is 12.9. The summed E-state index contributed by atoms with van der Waals surface area (Å²) in [5, 5.41) is -0.119. The van der Waals surface area contributed by atoms with E-state index in [1.807, 2.05) is 19.1 Å². The molecule has 0 amide bonds. The molecule has 1 aromatic carbocycles. The van der Waals surface area contributed by atoms with Gasteiger partial charge in [-0.1, -0.05) is 0 Å². The molecular formula is C23H40O2SSn. The van der Waals surface area contributed by atoms with Crippen molar-refractivity contribution in [1.82, 2.24) is 0 Å². The van der Waals surface area contributed by atoms with Crippen molar-refractivity contribution >= 4 is 28.2 Å². The van der Waals surface area contributed by atoms with Crippen LogP contribution < -0.4 is 0 Å². The standard InChI is InChI=1S/C11H13O2S.3C4H9.Sn/c1-9-5-7-11(8-6-9)14(12,13)10-3-2-4-10;3*1-3-4-2;/h2,5-8,10H,3-4H2,1H3;3*1,3-4H2,2H3;. The van der Waals surface area contributed by atoms with E-state index in [0.717, 1.165) is 22.3 Å².